The molecular formula is C12H17FN2O. The maximum Gasteiger partial charge on any atom is 0.127 e. The number of hydrogen-bond acceptors (Lipinski definition) is 3. The molecule has 2 rings (SSSR count). The number of aliphatic hydroxyl groups is 1. The Labute approximate surface area is 94.7 Å². The minimum Gasteiger partial charge on any atom is -0.399 e. The second kappa shape index (κ2) is 4.29. The summed E-state index contributed by atoms with van der Waals surface area (Å²) in [6.45, 7) is 0.833. The Kier molecular flexibility index (Phi) is 3.01. The van der Waals surface area contributed by atoms with Gasteiger partial charge in [0.05, 0.1) is 6.10 Å². The molecule has 3 N–H and O–H groups in total. The Bertz CT molecular complexity index is 357. The molecule has 1 fully saturated rings. The van der Waals surface area contributed by atoms with Crippen molar-refractivity contribution in [1.29, 1.82) is 0 Å². The van der Waals surface area contributed by atoms with Crippen molar-refractivity contribution in [2.75, 3.05) is 24.2 Å². The van der Waals surface area contributed by atoms with Gasteiger partial charge in [0.1, 0.15) is 5.82 Å². The molecule has 0 aromatic heterocycles. The zero-order chi connectivity index (χ0) is 11.7. The van der Waals surface area contributed by atoms with Crippen molar-refractivity contribution in [1.82, 2.24) is 0 Å². The van der Waals surface area contributed by atoms with Crippen molar-refractivity contribution in [3.63, 3.8) is 0 Å². The van der Waals surface area contributed by atoms with E-state index in [2.05, 4.69) is 0 Å². The first-order chi connectivity index (χ1) is 7.54. The van der Waals surface area contributed by atoms with Gasteiger partial charge in [-0.1, -0.05) is 0 Å². The molecule has 88 valence electrons. The summed E-state index contributed by atoms with van der Waals surface area (Å²) in [6, 6.07) is 4.55. The third kappa shape index (κ3) is 2.44. The van der Waals surface area contributed by atoms with Crippen molar-refractivity contribution in [2.45, 2.75) is 18.9 Å². The molecule has 1 saturated carbocycles. The lowest BCUT2D eigenvalue weighted by Gasteiger charge is -2.35. The van der Waals surface area contributed by atoms with Gasteiger partial charge in [-0.25, -0.2) is 4.39 Å². The highest BCUT2D eigenvalue weighted by Gasteiger charge is 2.28. The summed E-state index contributed by atoms with van der Waals surface area (Å²) >= 11 is 0. The van der Waals surface area contributed by atoms with Gasteiger partial charge >= 0.3 is 0 Å². The normalized spacial score (nSPS) is 23.9. The van der Waals surface area contributed by atoms with Gasteiger partial charge in [0.15, 0.2) is 0 Å². The molecule has 0 amide bonds. The molecule has 0 heterocycles. The van der Waals surface area contributed by atoms with E-state index >= 15 is 0 Å². The zero-order valence-corrected chi connectivity index (χ0v) is 9.36. The second-order valence-corrected chi connectivity index (χ2v) is 4.61. The molecule has 1 aliphatic carbocycles. The van der Waals surface area contributed by atoms with E-state index in [9.17, 15) is 9.50 Å². The molecule has 0 atom stereocenters. The highest BCUT2D eigenvalue weighted by molar-refractivity contribution is 5.56. The molecular weight excluding hydrogens is 207 g/mol. The molecule has 16 heavy (non-hydrogen) atoms. The van der Waals surface area contributed by atoms with Crippen LogP contribution in [0.2, 0.25) is 0 Å². The first-order valence-electron chi connectivity index (χ1n) is 5.50. The zero-order valence-electron chi connectivity index (χ0n) is 9.36. The summed E-state index contributed by atoms with van der Waals surface area (Å²) in [6.07, 6.45) is 1.54. The Morgan fingerprint density at radius 3 is 2.69 bits per heavy atom. The topological polar surface area (TPSA) is 49.5 Å². The molecule has 1 aromatic rings. The largest absolute Gasteiger partial charge is 0.399 e. The van der Waals surface area contributed by atoms with E-state index in [0.717, 1.165) is 25.1 Å². The number of nitrogens with two attached hydrogens (primary N) is 1. The standard InChI is InChI=1S/C12H17FN2O/c1-15(7-8-2-12(16)3-8)11-5-9(13)4-10(14)6-11/h4-6,8,12,16H,2-3,7,14H2,1H3. The average Bonchev–Trinajstić information content (AvgIpc) is 2.13. The van der Waals surface area contributed by atoms with Crippen LogP contribution in [-0.2, 0) is 0 Å². The van der Waals surface area contributed by atoms with Crippen molar-refractivity contribution in [2.24, 2.45) is 5.92 Å². The molecule has 0 spiro atoms. The molecule has 1 aromatic carbocycles. The summed E-state index contributed by atoms with van der Waals surface area (Å²) in [4.78, 5) is 1.98. The lowest BCUT2D eigenvalue weighted by Crippen LogP contribution is -2.37. The Morgan fingerprint density at radius 2 is 2.12 bits per heavy atom. The van der Waals surface area contributed by atoms with Crippen LogP contribution in [0.3, 0.4) is 0 Å². The highest BCUT2D eigenvalue weighted by atomic mass is 19.1. The summed E-state index contributed by atoms with van der Waals surface area (Å²) in [7, 11) is 1.92. The van der Waals surface area contributed by atoms with Gasteiger partial charge in [-0.3, -0.25) is 0 Å². The predicted octanol–water partition coefficient (Wildman–Crippen LogP) is 1.61. The van der Waals surface area contributed by atoms with E-state index in [1.807, 2.05) is 11.9 Å². The van der Waals surface area contributed by atoms with Gasteiger partial charge < -0.3 is 15.7 Å². The molecule has 3 nitrogen and oxygen atoms in total. The fraction of sp³-hybridized carbons (Fsp3) is 0.500. The maximum absolute atomic E-state index is 13.1. The van der Waals surface area contributed by atoms with Gasteiger partial charge in [0, 0.05) is 25.0 Å². The Balaban J connectivity index is 2.00. The molecule has 0 aliphatic heterocycles. The van der Waals surface area contributed by atoms with Crippen molar-refractivity contribution in [3.8, 4) is 0 Å². The maximum atomic E-state index is 13.1. The summed E-state index contributed by atoms with van der Waals surface area (Å²) in [5.41, 5.74) is 6.82. The van der Waals surface area contributed by atoms with Gasteiger partial charge in [-0.05, 0) is 37.0 Å². The summed E-state index contributed by atoms with van der Waals surface area (Å²) in [5, 5.41) is 9.19. The first kappa shape index (κ1) is 11.2. The van der Waals surface area contributed by atoms with E-state index in [1.54, 1.807) is 6.07 Å². The number of halogens is 1. The third-order valence-corrected chi connectivity index (χ3v) is 3.09. The second-order valence-electron chi connectivity index (χ2n) is 4.61. The Morgan fingerprint density at radius 1 is 1.44 bits per heavy atom. The van der Waals surface area contributed by atoms with Crippen molar-refractivity contribution in [3.05, 3.63) is 24.0 Å². The predicted molar refractivity (Wildman–Crippen MR) is 62.8 cm³/mol. The van der Waals surface area contributed by atoms with Gasteiger partial charge in [-0.15, -0.1) is 0 Å². The monoisotopic (exact) mass is 224 g/mol. The van der Waals surface area contributed by atoms with Crippen LogP contribution in [0.15, 0.2) is 18.2 Å². The quantitative estimate of drug-likeness (QED) is 0.767. The number of aliphatic hydroxyl groups excluding tert-OH is 1. The smallest absolute Gasteiger partial charge is 0.127 e. The SMILES string of the molecule is CN(CC1CC(O)C1)c1cc(N)cc(F)c1. The van der Waals surface area contributed by atoms with E-state index in [4.69, 9.17) is 5.73 Å². The van der Waals surface area contributed by atoms with Crippen LogP contribution in [0.1, 0.15) is 12.8 Å². The van der Waals surface area contributed by atoms with E-state index in [1.165, 1.54) is 12.1 Å². The first-order valence-corrected chi connectivity index (χ1v) is 5.50. The molecule has 0 bridgehead atoms. The van der Waals surface area contributed by atoms with E-state index < -0.39 is 0 Å². The van der Waals surface area contributed by atoms with Crippen LogP contribution in [0.4, 0.5) is 15.8 Å². The van der Waals surface area contributed by atoms with E-state index in [-0.39, 0.29) is 11.9 Å². The van der Waals surface area contributed by atoms with Gasteiger partial charge in [0.2, 0.25) is 0 Å². The van der Waals surface area contributed by atoms with Crippen LogP contribution < -0.4 is 10.6 Å². The van der Waals surface area contributed by atoms with Crippen molar-refractivity contribution >= 4 is 11.4 Å². The molecule has 1 aliphatic rings. The fourth-order valence-corrected chi connectivity index (χ4v) is 2.16. The van der Waals surface area contributed by atoms with Crippen LogP contribution in [0, 0.1) is 11.7 Å². The molecule has 0 saturated heterocycles. The number of hydrogen-bond donors (Lipinski definition) is 2. The summed E-state index contributed by atoms with van der Waals surface area (Å²) in [5.74, 6) is 0.194. The summed E-state index contributed by atoms with van der Waals surface area (Å²) < 4.78 is 13.1. The average molecular weight is 224 g/mol. The molecule has 0 radical (unpaired) electrons. The van der Waals surface area contributed by atoms with Gasteiger partial charge in [-0.2, -0.15) is 0 Å². The minimum absolute atomic E-state index is 0.143. The highest BCUT2D eigenvalue weighted by Crippen LogP contribution is 2.29. The molecule has 0 unspecified atom stereocenters. The minimum atomic E-state index is -0.310. The van der Waals surface area contributed by atoms with Crippen molar-refractivity contribution < 1.29 is 9.50 Å². The Hall–Kier alpha value is -1.29. The molecule has 4 heteroatoms. The van der Waals surface area contributed by atoms with Crippen LogP contribution in [0.25, 0.3) is 0 Å². The fourth-order valence-electron chi connectivity index (χ4n) is 2.16. The van der Waals surface area contributed by atoms with Crippen LogP contribution in [-0.4, -0.2) is 24.8 Å². The lowest BCUT2D eigenvalue weighted by molar-refractivity contribution is 0.0465. The number of nitrogens with zero attached hydrogens (tertiary/aromatic N) is 1. The number of anilines is 2. The van der Waals surface area contributed by atoms with Crippen LogP contribution in [0.5, 0.6) is 0 Å². The number of nitrogen functional groups attached to an aromatic ring is 1. The van der Waals surface area contributed by atoms with Gasteiger partial charge in [0.25, 0.3) is 0 Å². The van der Waals surface area contributed by atoms with E-state index in [0.29, 0.717) is 11.6 Å². The third-order valence-electron chi connectivity index (χ3n) is 3.09. The van der Waals surface area contributed by atoms with Crippen LogP contribution >= 0.6 is 0 Å². The lowest BCUT2D eigenvalue weighted by atomic mass is 9.82. The number of benzene rings is 1. The number of rotatable bonds is 3.